The van der Waals surface area contributed by atoms with E-state index in [4.69, 9.17) is 14.2 Å². The van der Waals surface area contributed by atoms with Crippen LogP contribution in [0.25, 0.3) is 5.76 Å². The van der Waals surface area contributed by atoms with E-state index in [0.717, 1.165) is 6.42 Å². The number of hydrogen-bond acceptors (Lipinski definition) is 7. The van der Waals surface area contributed by atoms with Crippen LogP contribution < -0.4 is 19.1 Å². The lowest BCUT2D eigenvalue weighted by Crippen LogP contribution is -2.29. The first-order chi connectivity index (χ1) is 18.4. The van der Waals surface area contributed by atoms with E-state index in [-0.39, 0.29) is 22.8 Å². The Hall–Kier alpha value is -4.46. The van der Waals surface area contributed by atoms with Gasteiger partial charge in [-0.1, -0.05) is 19.1 Å². The molecule has 38 heavy (non-hydrogen) atoms. The van der Waals surface area contributed by atoms with Crippen molar-refractivity contribution < 1.29 is 34.0 Å². The molecule has 1 fully saturated rings. The maximum absolute atomic E-state index is 13.4. The van der Waals surface area contributed by atoms with Gasteiger partial charge < -0.3 is 24.4 Å². The number of amides is 1. The molecule has 3 aromatic carbocycles. The number of hydrogen-bond donors (Lipinski definition) is 2. The average molecular weight is 518 g/mol. The van der Waals surface area contributed by atoms with Crippen LogP contribution in [0.4, 0.5) is 5.69 Å². The molecule has 2 N–H and O–H groups in total. The van der Waals surface area contributed by atoms with E-state index in [9.17, 15) is 19.8 Å². The summed E-state index contributed by atoms with van der Waals surface area (Å²) < 4.78 is 16.8. The SMILES string of the molecule is CCCOc1ccc(/C(O)=C2/C(=O)C(=O)N(c3cccc(OCC)c3)C2c2ccc(O)c(OCC)c2)cc1. The largest absolute Gasteiger partial charge is 0.507 e. The van der Waals surface area contributed by atoms with Gasteiger partial charge in [-0.25, -0.2) is 0 Å². The number of aliphatic hydroxyl groups is 1. The normalized spacial score (nSPS) is 16.5. The van der Waals surface area contributed by atoms with Crippen LogP contribution in [-0.2, 0) is 9.59 Å². The Morgan fingerprint density at radius 3 is 2.29 bits per heavy atom. The summed E-state index contributed by atoms with van der Waals surface area (Å²) in [6.45, 7) is 6.93. The van der Waals surface area contributed by atoms with Gasteiger partial charge >= 0.3 is 0 Å². The number of benzene rings is 3. The lowest BCUT2D eigenvalue weighted by molar-refractivity contribution is -0.132. The van der Waals surface area contributed by atoms with Gasteiger partial charge in [0.05, 0.1) is 31.4 Å². The van der Waals surface area contributed by atoms with Gasteiger partial charge in [-0.3, -0.25) is 14.5 Å². The smallest absolute Gasteiger partial charge is 0.300 e. The van der Waals surface area contributed by atoms with Gasteiger partial charge in [0.25, 0.3) is 11.7 Å². The van der Waals surface area contributed by atoms with Crippen molar-refractivity contribution in [3.63, 3.8) is 0 Å². The Balaban J connectivity index is 1.88. The molecule has 1 unspecified atom stereocenters. The molecular weight excluding hydrogens is 486 g/mol. The number of rotatable bonds is 10. The predicted octanol–water partition coefficient (Wildman–Crippen LogP) is 5.60. The Labute approximate surface area is 221 Å². The molecule has 0 bridgehead atoms. The minimum absolute atomic E-state index is 0.0754. The minimum atomic E-state index is -0.984. The summed E-state index contributed by atoms with van der Waals surface area (Å²) in [6.07, 6.45) is 0.853. The number of carbonyl (C=O) groups excluding carboxylic acids is 2. The summed E-state index contributed by atoms with van der Waals surface area (Å²) in [5.41, 5.74) is 1.20. The fourth-order valence-corrected chi connectivity index (χ4v) is 4.36. The van der Waals surface area contributed by atoms with Gasteiger partial charge in [-0.05, 0) is 74.4 Å². The zero-order valence-electron chi connectivity index (χ0n) is 21.6. The van der Waals surface area contributed by atoms with Crippen LogP contribution in [0.2, 0.25) is 0 Å². The number of carbonyl (C=O) groups is 2. The number of phenolic OH excluding ortho intramolecular Hbond substituents is 1. The Morgan fingerprint density at radius 2 is 1.61 bits per heavy atom. The molecule has 0 aromatic heterocycles. The number of ketones is 1. The molecule has 8 heteroatoms. The minimum Gasteiger partial charge on any atom is -0.507 e. The van der Waals surface area contributed by atoms with E-state index < -0.39 is 17.7 Å². The van der Waals surface area contributed by atoms with Crippen molar-refractivity contribution >= 4 is 23.1 Å². The van der Waals surface area contributed by atoms with Gasteiger partial charge in [-0.2, -0.15) is 0 Å². The lowest BCUT2D eigenvalue weighted by atomic mass is 9.94. The van der Waals surface area contributed by atoms with E-state index in [1.54, 1.807) is 67.6 Å². The molecule has 1 aliphatic rings. The first-order valence-electron chi connectivity index (χ1n) is 12.6. The van der Waals surface area contributed by atoms with E-state index in [1.807, 2.05) is 13.8 Å². The van der Waals surface area contributed by atoms with E-state index >= 15 is 0 Å². The molecule has 4 rings (SSSR count). The molecule has 0 aliphatic carbocycles. The standard InChI is InChI=1S/C30H31NO7/c1-4-16-38-22-13-10-19(11-14-22)28(33)26-27(20-12-15-24(32)25(17-20)37-6-3)31(30(35)29(26)34)21-8-7-9-23(18-21)36-5-2/h7-15,17-18,27,32-33H,4-6,16H2,1-3H3/b28-26-. The first kappa shape index (κ1) is 26.6. The van der Waals surface area contributed by atoms with E-state index in [2.05, 4.69) is 0 Å². The number of aliphatic hydroxyl groups excluding tert-OH is 1. The zero-order valence-corrected chi connectivity index (χ0v) is 21.6. The van der Waals surface area contributed by atoms with Crippen LogP contribution in [-0.4, -0.2) is 41.7 Å². The second kappa shape index (κ2) is 11.7. The third-order valence-corrected chi connectivity index (χ3v) is 6.05. The van der Waals surface area contributed by atoms with Crippen molar-refractivity contribution in [2.75, 3.05) is 24.7 Å². The van der Waals surface area contributed by atoms with Crippen molar-refractivity contribution in [2.24, 2.45) is 0 Å². The molecule has 198 valence electrons. The summed E-state index contributed by atoms with van der Waals surface area (Å²) >= 11 is 0. The molecule has 8 nitrogen and oxygen atoms in total. The second-order valence-electron chi connectivity index (χ2n) is 8.63. The molecule has 0 saturated carbocycles. The first-order valence-corrected chi connectivity index (χ1v) is 12.6. The third kappa shape index (κ3) is 5.29. The average Bonchev–Trinajstić information content (AvgIpc) is 3.19. The van der Waals surface area contributed by atoms with Crippen molar-refractivity contribution in [2.45, 2.75) is 33.2 Å². The lowest BCUT2D eigenvalue weighted by Gasteiger charge is -2.26. The van der Waals surface area contributed by atoms with Gasteiger partial charge in [0.1, 0.15) is 17.3 Å². The Morgan fingerprint density at radius 1 is 0.868 bits per heavy atom. The topological polar surface area (TPSA) is 106 Å². The van der Waals surface area contributed by atoms with E-state index in [0.29, 0.717) is 48.1 Å². The number of Topliss-reactive ketones (excluding diaryl/α,β-unsaturated/α-hetero) is 1. The highest BCUT2D eigenvalue weighted by Gasteiger charge is 2.47. The summed E-state index contributed by atoms with van der Waals surface area (Å²) in [7, 11) is 0. The van der Waals surface area contributed by atoms with Crippen molar-refractivity contribution in [1.29, 1.82) is 0 Å². The molecular formula is C30H31NO7. The van der Waals surface area contributed by atoms with Crippen LogP contribution in [0, 0.1) is 0 Å². The Kier molecular flexibility index (Phi) is 8.21. The number of anilines is 1. The van der Waals surface area contributed by atoms with Crippen LogP contribution in [0.5, 0.6) is 23.0 Å². The second-order valence-corrected chi connectivity index (χ2v) is 8.63. The number of aromatic hydroxyl groups is 1. The molecule has 0 radical (unpaired) electrons. The number of nitrogens with zero attached hydrogens (tertiary/aromatic N) is 1. The van der Waals surface area contributed by atoms with Crippen molar-refractivity contribution in [3.8, 4) is 23.0 Å². The summed E-state index contributed by atoms with van der Waals surface area (Å²) in [6, 6.07) is 17.2. The Bertz CT molecular complexity index is 1350. The summed E-state index contributed by atoms with van der Waals surface area (Å²) in [4.78, 5) is 28.2. The van der Waals surface area contributed by atoms with Crippen LogP contribution in [0.15, 0.2) is 72.3 Å². The van der Waals surface area contributed by atoms with Gasteiger partial charge in [0.15, 0.2) is 11.5 Å². The van der Waals surface area contributed by atoms with Gasteiger partial charge in [-0.15, -0.1) is 0 Å². The van der Waals surface area contributed by atoms with Gasteiger partial charge in [0.2, 0.25) is 0 Å². The monoisotopic (exact) mass is 517 g/mol. The number of phenols is 1. The highest BCUT2D eigenvalue weighted by molar-refractivity contribution is 6.51. The molecule has 1 atom stereocenters. The quantitative estimate of drug-likeness (QED) is 0.205. The molecule has 0 spiro atoms. The molecule has 3 aromatic rings. The molecule has 1 saturated heterocycles. The molecule has 1 amide bonds. The van der Waals surface area contributed by atoms with Crippen molar-refractivity contribution in [1.82, 2.24) is 0 Å². The fourth-order valence-electron chi connectivity index (χ4n) is 4.36. The molecule has 1 aliphatic heterocycles. The van der Waals surface area contributed by atoms with Crippen LogP contribution in [0.3, 0.4) is 0 Å². The molecule has 1 heterocycles. The maximum atomic E-state index is 13.4. The van der Waals surface area contributed by atoms with E-state index in [1.165, 1.54) is 11.0 Å². The van der Waals surface area contributed by atoms with Crippen LogP contribution >= 0.6 is 0 Å². The zero-order chi connectivity index (χ0) is 27.2. The number of ether oxygens (including phenoxy) is 3. The predicted molar refractivity (Wildman–Crippen MR) is 144 cm³/mol. The highest BCUT2D eigenvalue weighted by Crippen LogP contribution is 2.44. The summed E-state index contributed by atoms with van der Waals surface area (Å²) in [5.74, 6) is -0.637. The fraction of sp³-hybridized carbons (Fsp3) is 0.267. The van der Waals surface area contributed by atoms with Crippen LogP contribution in [0.1, 0.15) is 44.4 Å². The highest BCUT2D eigenvalue weighted by atomic mass is 16.5. The van der Waals surface area contributed by atoms with Gasteiger partial charge in [0, 0.05) is 17.3 Å². The third-order valence-electron chi connectivity index (χ3n) is 6.05. The maximum Gasteiger partial charge on any atom is 0.300 e. The summed E-state index contributed by atoms with van der Waals surface area (Å²) in [5, 5.41) is 21.6. The van der Waals surface area contributed by atoms with Crippen molar-refractivity contribution in [3.05, 3.63) is 83.4 Å².